The maximum absolute atomic E-state index is 16.5. The Hall–Kier alpha value is -5.44. The van der Waals surface area contributed by atoms with E-state index < -0.39 is 23.2 Å². The number of carbonyl (C=O) groups is 2. The molecule has 2 aliphatic carbocycles. The Labute approximate surface area is 278 Å². The van der Waals surface area contributed by atoms with Crippen molar-refractivity contribution < 1.29 is 28.2 Å². The molecule has 0 fully saturated rings. The molecular weight excluding hydrogens is 609 g/mol. The van der Waals surface area contributed by atoms with Gasteiger partial charge in [-0.05, 0) is 55.0 Å². The summed E-state index contributed by atoms with van der Waals surface area (Å²) in [5, 5.41) is 14.5. The van der Waals surface area contributed by atoms with Gasteiger partial charge in [0.25, 0.3) is 5.91 Å². The quantitative estimate of drug-likeness (QED) is 0.218. The lowest BCUT2D eigenvalue weighted by Gasteiger charge is -2.37. The topological polar surface area (TPSA) is 105 Å². The first-order valence-corrected chi connectivity index (χ1v) is 16.1. The summed E-state index contributed by atoms with van der Waals surface area (Å²) in [5.41, 5.74) is 2.87. The largest absolute Gasteiger partial charge is 0.510 e. The van der Waals surface area contributed by atoms with Crippen LogP contribution in [0.2, 0.25) is 0 Å². The number of hydrogen-bond acceptors (Lipinski definition) is 7. The first kappa shape index (κ1) is 31.2. The van der Waals surface area contributed by atoms with Crippen LogP contribution in [0.5, 0.6) is 5.75 Å². The smallest absolute Gasteiger partial charge is 0.281 e. The fraction of sp³-hybridized carbons (Fsp3) is 0.256. The van der Waals surface area contributed by atoms with Gasteiger partial charge < -0.3 is 19.6 Å². The summed E-state index contributed by atoms with van der Waals surface area (Å²) in [6.45, 7) is 5.89. The highest BCUT2D eigenvalue weighted by atomic mass is 19.1. The van der Waals surface area contributed by atoms with E-state index in [0.29, 0.717) is 47.7 Å². The first-order chi connectivity index (χ1) is 23.1. The van der Waals surface area contributed by atoms with Gasteiger partial charge in [0.05, 0.1) is 11.7 Å². The third kappa shape index (κ3) is 5.81. The number of aromatic nitrogens is 1. The number of ketones is 1. The molecule has 0 saturated carbocycles. The number of rotatable bonds is 6. The summed E-state index contributed by atoms with van der Waals surface area (Å²) < 4.78 is 28.4. The Morgan fingerprint density at radius 3 is 2.54 bits per heavy atom. The number of amides is 1. The van der Waals surface area contributed by atoms with Crippen molar-refractivity contribution in [2.45, 2.75) is 59.1 Å². The Balaban J connectivity index is 1.38. The van der Waals surface area contributed by atoms with Gasteiger partial charge in [0, 0.05) is 41.3 Å². The molecule has 7 rings (SSSR count). The monoisotopic (exact) mass is 645 g/mol. The molecule has 244 valence electrons. The normalized spacial score (nSPS) is 18.8. The van der Waals surface area contributed by atoms with Gasteiger partial charge >= 0.3 is 0 Å². The van der Waals surface area contributed by atoms with Crippen LogP contribution in [0.25, 0.3) is 11.5 Å². The van der Waals surface area contributed by atoms with Crippen molar-refractivity contribution >= 4 is 11.7 Å². The second-order valence-electron chi connectivity index (χ2n) is 13.2. The molecule has 9 heteroatoms. The second kappa shape index (κ2) is 12.3. The molecule has 1 amide bonds. The van der Waals surface area contributed by atoms with Crippen LogP contribution < -0.4 is 10.1 Å². The summed E-state index contributed by atoms with van der Waals surface area (Å²) in [6.07, 6.45) is 3.29. The van der Waals surface area contributed by atoms with E-state index in [9.17, 15) is 14.7 Å². The number of ether oxygens (including phenoxy) is 1. The van der Waals surface area contributed by atoms with Crippen molar-refractivity contribution in [1.82, 2.24) is 15.2 Å². The third-order valence-corrected chi connectivity index (χ3v) is 9.00. The van der Waals surface area contributed by atoms with Gasteiger partial charge in [-0.2, -0.15) is 0 Å². The fourth-order valence-corrected chi connectivity index (χ4v) is 6.75. The number of aliphatic hydroxyl groups excluding tert-OH is 1. The number of allylic oxidation sites excluding steroid dienone is 3. The molecule has 3 aromatic carbocycles. The summed E-state index contributed by atoms with van der Waals surface area (Å²) >= 11 is 0. The van der Waals surface area contributed by atoms with E-state index in [1.54, 1.807) is 19.1 Å². The molecule has 1 aliphatic heterocycles. The van der Waals surface area contributed by atoms with Gasteiger partial charge in [-0.1, -0.05) is 68.5 Å². The predicted molar refractivity (Wildman–Crippen MR) is 178 cm³/mol. The van der Waals surface area contributed by atoms with Crippen LogP contribution >= 0.6 is 0 Å². The van der Waals surface area contributed by atoms with Crippen molar-refractivity contribution in [2.24, 2.45) is 5.41 Å². The maximum atomic E-state index is 16.5. The van der Waals surface area contributed by atoms with E-state index in [4.69, 9.17) is 9.15 Å². The van der Waals surface area contributed by atoms with Crippen LogP contribution in [0.4, 0.5) is 4.39 Å². The Morgan fingerprint density at radius 1 is 1.08 bits per heavy atom. The number of hydrogen-bond donors (Lipinski definition) is 2. The lowest BCUT2D eigenvalue weighted by molar-refractivity contribution is -0.118. The number of halogens is 1. The van der Waals surface area contributed by atoms with E-state index in [-0.39, 0.29) is 53.1 Å². The molecule has 1 unspecified atom stereocenters. The number of carbonyl (C=O) groups excluding carboxylic acids is 2. The van der Waals surface area contributed by atoms with E-state index in [0.717, 1.165) is 5.56 Å². The molecule has 3 aliphatic rings. The van der Waals surface area contributed by atoms with Gasteiger partial charge in [-0.25, -0.2) is 9.37 Å². The van der Waals surface area contributed by atoms with Crippen molar-refractivity contribution in [3.63, 3.8) is 0 Å². The molecule has 48 heavy (non-hydrogen) atoms. The van der Waals surface area contributed by atoms with Gasteiger partial charge in [0.2, 0.25) is 5.89 Å². The Bertz CT molecular complexity index is 2010. The molecule has 0 spiro atoms. The minimum absolute atomic E-state index is 0.0278. The molecule has 0 saturated heterocycles. The number of nitrogens with zero attached hydrogens (tertiary/aromatic N) is 2. The van der Waals surface area contributed by atoms with Crippen LogP contribution in [0.1, 0.15) is 72.9 Å². The standard InChI is InChI=1S/C39H36FN3O5/c1-23-34(42-37(48-23)25-13-8-5-9-14-25)38(46)43-30-15-10-16-31(44)35(30)41-29-20-39(2,3)21-32(45)33(29)36(43)27-18-17-26(19-28(27)40)47-22-24-11-6-4-7-12-24/h4-9,11-15,17-19,36,41,44H,10,16,20-22H2,1-3H3. The molecule has 2 heterocycles. The highest BCUT2D eigenvalue weighted by Crippen LogP contribution is 2.48. The maximum Gasteiger partial charge on any atom is 0.281 e. The van der Waals surface area contributed by atoms with Crippen molar-refractivity contribution in [3.05, 3.63) is 142 Å². The number of oxazole rings is 1. The minimum atomic E-state index is -1.17. The predicted octanol–water partition coefficient (Wildman–Crippen LogP) is 8.25. The van der Waals surface area contributed by atoms with Crippen molar-refractivity contribution in [1.29, 1.82) is 0 Å². The number of fused-ring (bicyclic) bond motifs is 1. The van der Waals surface area contributed by atoms with Gasteiger partial charge in [0.15, 0.2) is 11.5 Å². The molecular formula is C39H36FN3O5. The van der Waals surface area contributed by atoms with Crippen LogP contribution in [0.3, 0.4) is 0 Å². The van der Waals surface area contributed by atoms with Gasteiger partial charge in [-0.3, -0.25) is 14.5 Å². The summed E-state index contributed by atoms with van der Waals surface area (Å²) in [6, 6.07) is 22.1. The van der Waals surface area contributed by atoms with E-state index in [2.05, 4.69) is 10.3 Å². The van der Waals surface area contributed by atoms with Crippen LogP contribution in [-0.2, 0) is 11.4 Å². The average molecular weight is 646 g/mol. The number of Topliss-reactive ketones (excluding diaryl/α,β-unsaturated/α-hetero) is 1. The van der Waals surface area contributed by atoms with E-state index >= 15 is 4.39 Å². The van der Waals surface area contributed by atoms with Crippen LogP contribution in [0, 0.1) is 18.2 Å². The lowest BCUT2D eigenvalue weighted by Crippen LogP contribution is -2.39. The summed E-state index contributed by atoms with van der Waals surface area (Å²) in [7, 11) is 0. The van der Waals surface area contributed by atoms with Crippen molar-refractivity contribution in [3.8, 4) is 17.2 Å². The summed E-state index contributed by atoms with van der Waals surface area (Å²) in [5.74, 6) is -0.524. The zero-order valence-electron chi connectivity index (χ0n) is 27.0. The molecule has 1 aromatic heterocycles. The van der Waals surface area contributed by atoms with E-state index in [1.807, 2.05) is 80.6 Å². The number of aryl methyl sites for hydroxylation is 1. The van der Waals surface area contributed by atoms with Gasteiger partial charge in [0.1, 0.15) is 35.4 Å². The molecule has 2 N–H and O–H groups in total. The molecule has 1 atom stereocenters. The molecule has 0 bridgehead atoms. The Morgan fingerprint density at radius 2 is 1.81 bits per heavy atom. The number of nitrogens with one attached hydrogen (secondary N) is 1. The zero-order chi connectivity index (χ0) is 33.6. The fourth-order valence-electron chi connectivity index (χ4n) is 6.75. The number of aliphatic hydroxyl groups is 1. The van der Waals surface area contributed by atoms with Crippen molar-refractivity contribution in [2.75, 3.05) is 0 Å². The minimum Gasteiger partial charge on any atom is -0.510 e. The number of benzene rings is 3. The molecule has 0 radical (unpaired) electrons. The molecule has 4 aromatic rings. The second-order valence-corrected chi connectivity index (χ2v) is 13.2. The average Bonchev–Trinajstić information content (AvgIpc) is 3.39. The zero-order valence-corrected chi connectivity index (χ0v) is 27.0. The SMILES string of the molecule is Cc1oc(-c2ccccc2)nc1C(=O)N1C2=CCCC(O)=C2NC2=C(C(=O)CC(C)(C)C2)C1c1ccc(OCc2ccccc2)cc1F. The van der Waals surface area contributed by atoms with Crippen LogP contribution in [0.15, 0.2) is 118 Å². The highest BCUT2D eigenvalue weighted by Gasteiger charge is 2.47. The highest BCUT2D eigenvalue weighted by molar-refractivity contribution is 6.02. The lowest BCUT2D eigenvalue weighted by atomic mass is 9.73. The van der Waals surface area contributed by atoms with Gasteiger partial charge in [-0.15, -0.1) is 0 Å². The summed E-state index contributed by atoms with van der Waals surface area (Å²) in [4.78, 5) is 35.0. The van der Waals surface area contributed by atoms with Crippen LogP contribution in [-0.4, -0.2) is 26.7 Å². The molecule has 8 nitrogen and oxygen atoms in total. The van der Waals surface area contributed by atoms with E-state index in [1.165, 1.54) is 11.0 Å². The Kier molecular flexibility index (Phi) is 7.99. The first-order valence-electron chi connectivity index (χ1n) is 16.1. The third-order valence-electron chi connectivity index (χ3n) is 9.00.